The fraction of sp³-hybridized carbons (Fsp3) is 0.500. The average Bonchev–Trinajstić information content (AvgIpc) is 2.42. The number of hydrogen-bond acceptors (Lipinski definition) is 3. The maximum absolute atomic E-state index is 11.4. The van der Waals surface area contributed by atoms with Gasteiger partial charge in [0.15, 0.2) is 0 Å². The predicted molar refractivity (Wildman–Crippen MR) is 79.8 cm³/mol. The van der Waals surface area contributed by atoms with Gasteiger partial charge < -0.3 is 15.3 Å². The molecule has 0 aromatic heterocycles. The number of likely N-dealkylation sites (N-methyl/N-ethyl adjacent to an activating group) is 1. The third kappa shape index (κ3) is 2.77. The number of piperidine rings is 1. The molecule has 1 fully saturated rings. The Hall–Kier alpha value is -1.07. The molecular formula is C14H19BrN2O2. The van der Waals surface area contributed by atoms with Gasteiger partial charge in [0.05, 0.1) is 0 Å². The van der Waals surface area contributed by atoms with Gasteiger partial charge in [-0.15, -0.1) is 0 Å². The Morgan fingerprint density at radius 3 is 2.53 bits per heavy atom. The molecule has 0 unspecified atom stereocenters. The summed E-state index contributed by atoms with van der Waals surface area (Å²) in [5, 5.41) is 12.3. The SMILES string of the molecule is CNC1(C(=O)O)CCN(c2ccc(C)c(Br)c2)CC1. The zero-order valence-electron chi connectivity index (χ0n) is 11.2. The molecule has 0 saturated carbocycles. The minimum Gasteiger partial charge on any atom is -0.480 e. The molecule has 1 aromatic carbocycles. The molecule has 0 bridgehead atoms. The quantitative estimate of drug-likeness (QED) is 0.895. The Bertz CT molecular complexity index is 482. The van der Waals surface area contributed by atoms with Crippen LogP contribution in [0.4, 0.5) is 5.69 Å². The molecule has 1 heterocycles. The van der Waals surface area contributed by atoms with E-state index in [4.69, 9.17) is 0 Å². The van der Waals surface area contributed by atoms with E-state index in [1.54, 1.807) is 7.05 Å². The number of aliphatic carboxylic acids is 1. The summed E-state index contributed by atoms with van der Waals surface area (Å²) in [5.41, 5.74) is 1.58. The van der Waals surface area contributed by atoms with Crippen molar-refractivity contribution in [2.24, 2.45) is 0 Å². The predicted octanol–water partition coefficient (Wildman–Crippen LogP) is 2.40. The van der Waals surface area contributed by atoms with Gasteiger partial charge in [-0.05, 0) is 44.5 Å². The van der Waals surface area contributed by atoms with Gasteiger partial charge in [0, 0.05) is 23.2 Å². The van der Waals surface area contributed by atoms with Gasteiger partial charge in [-0.1, -0.05) is 22.0 Å². The lowest BCUT2D eigenvalue weighted by Crippen LogP contribution is -2.57. The molecule has 2 rings (SSSR count). The van der Waals surface area contributed by atoms with Gasteiger partial charge in [-0.25, -0.2) is 0 Å². The zero-order chi connectivity index (χ0) is 14.0. The molecule has 0 spiro atoms. The molecule has 19 heavy (non-hydrogen) atoms. The van der Waals surface area contributed by atoms with E-state index in [2.05, 4.69) is 51.3 Å². The first kappa shape index (κ1) is 14.3. The third-order valence-electron chi connectivity index (χ3n) is 4.03. The molecule has 0 aliphatic carbocycles. The number of nitrogens with one attached hydrogen (secondary N) is 1. The number of rotatable bonds is 3. The van der Waals surface area contributed by atoms with Crippen molar-refractivity contribution in [3.63, 3.8) is 0 Å². The van der Waals surface area contributed by atoms with Crippen molar-refractivity contribution < 1.29 is 9.90 Å². The third-order valence-corrected chi connectivity index (χ3v) is 4.88. The smallest absolute Gasteiger partial charge is 0.324 e. The minimum absolute atomic E-state index is 0.615. The summed E-state index contributed by atoms with van der Waals surface area (Å²) in [5.74, 6) is -0.750. The second-order valence-corrected chi connectivity index (χ2v) is 5.91. The largest absolute Gasteiger partial charge is 0.480 e. The van der Waals surface area contributed by atoms with Crippen molar-refractivity contribution in [3.05, 3.63) is 28.2 Å². The summed E-state index contributed by atoms with van der Waals surface area (Å²) in [6, 6.07) is 6.27. The Morgan fingerprint density at radius 1 is 1.42 bits per heavy atom. The summed E-state index contributed by atoms with van der Waals surface area (Å²) < 4.78 is 1.09. The summed E-state index contributed by atoms with van der Waals surface area (Å²) >= 11 is 3.54. The van der Waals surface area contributed by atoms with Crippen LogP contribution in [0.1, 0.15) is 18.4 Å². The number of anilines is 1. The van der Waals surface area contributed by atoms with Crippen LogP contribution in [-0.4, -0.2) is 36.8 Å². The van der Waals surface area contributed by atoms with Crippen molar-refractivity contribution >= 4 is 27.6 Å². The molecule has 1 aliphatic heterocycles. The summed E-state index contributed by atoms with van der Waals surface area (Å²) in [4.78, 5) is 13.6. The summed E-state index contributed by atoms with van der Waals surface area (Å²) in [6.07, 6.45) is 1.23. The number of aryl methyl sites for hydroxylation is 1. The molecule has 1 saturated heterocycles. The fourth-order valence-electron chi connectivity index (χ4n) is 2.50. The van der Waals surface area contributed by atoms with E-state index < -0.39 is 11.5 Å². The lowest BCUT2D eigenvalue weighted by Gasteiger charge is -2.39. The number of carboxylic acid groups (broad SMARTS) is 1. The van der Waals surface area contributed by atoms with Gasteiger partial charge in [-0.3, -0.25) is 4.79 Å². The molecule has 5 heteroatoms. The van der Waals surface area contributed by atoms with Crippen LogP contribution in [0.25, 0.3) is 0 Å². The highest BCUT2D eigenvalue weighted by molar-refractivity contribution is 9.10. The number of carbonyl (C=O) groups is 1. The Kier molecular flexibility index (Phi) is 4.16. The fourth-order valence-corrected chi connectivity index (χ4v) is 2.86. The van der Waals surface area contributed by atoms with Crippen molar-refractivity contribution in [1.29, 1.82) is 0 Å². The molecule has 0 radical (unpaired) electrons. The van der Waals surface area contributed by atoms with E-state index in [-0.39, 0.29) is 0 Å². The number of carboxylic acids is 1. The van der Waals surface area contributed by atoms with Crippen LogP contribution in [0, 0.1) is 6.92 Å². The van der Waals surface area contributed by atoms with E-state index in [1.165, 1.54) is 5.56 Å². The normalized spacial score (nSPS) is 18.4. The number of nitrogens with zero attached hydrogens (tertiary/aromatic N) is 1. The first-order valence-electron chi connectivity index (χ1n) is 6.42. The second-order valence-electron chi connectivity index (χ2n) is 5.06. The van der Waals surface area contributed by atoms with Gasteiger partial charge >= 0.3 is 5.97 Å². The lowest BCUT2D eigenvalue weighted by atomic mass is 9.87. The van der Waals surface area contributed by atoms with Crippen LogP contribution in [0.5, 0.6) is 0 Å². The topological polar surface area (TPSA) is 52.6 Å². The van der Waals surface area contributed by atoms with Crippen molar-refractivity contribution in [2.75, 3.05) is 25.0 Å². The van der Waals surface area contributed by atoms with E-state index in [1.807, 2.05) is 0 Å². The van der Waals surface area contributed by atoms with Crippen LogP contribution < -0.4 is 10.2 Å². The van der Waals surface area contributed by atoms with Gasteiger partial charge in [0.1, 0.15) is 5.54 Å². The zero-order valence-corrected chi connectivity index (χ0v) is 12.8. The Morgan fingerprint density at radius 2 is 2.05 bits per heavy atom. The van der Waals surface area contributed by atoms with Crippen molar-refractivity contribution in [3.8, 4) is 0 Å². The summed E-state index contributed by atoms with van der Waals surface area (Å²) in [7, 11) is 1.73. The lowest BCUT2D eigenvalue weighted by molar-refractivity contribution is -0.145. The first-order chi connectivity index (χ1) is 8.98. The molecular weight excluding hydrogens is 308 g/mol. The van der Waals surface area contributed by atoms with E-state index >= 15 is 0 Å². The van der Waals surface area contributed by atoms with Gasteiger partial charge in [0.25, 0.3) is 0 Å². The Balaban J connectivity index is 2.11. The average molecular weight is 327 g/mol. The molecule has 2 N–H and O–H groups in total. The van der Waals surface area contributed by atoms with E-state index in [9.17, 15) is 9.90 Å². The van der Waals surface area contributed by atoms with Crippen molar-refractivity contribution in [2.45, 2.75) is 25.3 Å². The minimum atomic E-state index is -0.765. The number of hydrogen-bond donors (Lipinski definition) is 2. The number of halogens is 1. The first-order valence-corrected chi connectivity index (χ1v) is 7.21. The standard InChI is InChI=1S/C14H19BrN2O2/c1-10-3-4-11(9-12(10)15)17-7-5-14(16-2,6-8-17)13(18)19/h3-4,9,16H,5-8H2,1-2H3,(H,18,19). The van der Waals surface area contributed by atoms with Crippen molar-refractivity contribution in [1.82, 2.24) is 5.32 Å². The monoisotopic (exact) mass is 326 g/mol. The van der Waals surface area contributed by atoms with Crippen LogP contribution >= 0.6 is 15.9 Å². The van der Waals surface area contributed by atoms with E-state index in [0.717, 1.165) is 23.2 Å². The molecule has 1 aromatic rings. The highest BCUT2D eigenvalue weighted by atomic mass is 79.9. The molecule has 104 valence electrons. The van der Waals surface area contributed by atoms with Crippen LogP contribution in [0.3, 0.4) is 0 Å². The highest BCUT2D eigenvalue weighted by Gasteiger charge is 2.40. The second kappa shape index (κ2) is 5.51. The molecule has 0 amide bonds. The van der Waals surface area contributed by atoms with Crippen LogP contribution in [0.15, 0.2) is 22.7 Å². The molecule has 4 nitrogen and oxygen atoms in total. The molecule has 1 aliphatic rings. The number of benzene rings is 1. The van der Waals surface area contributed by atoms with E-state index in [0.29, 0.717) is 12.8 Å². The Labute approximate surface area is 121 Å². The molecule has 0 atom stereocenters. The summed E-state index contributed by atoms with van der Waals surface area (Å²) in [6.45, 7) is 3.56. The maximum Gasteiger partial charge on any atom is 0.324 e. The highest BCUT2D eigenvalue weighted by Crippen LogP contribution is 2.29. The van der Waals surface area contributed by atoms with Gasteiger partial charge in [0.2, 0.25) is 0 Å². The van der Waals surface area contributed by atoms with Crippen LogP contribution in [0.2, 0.25) is 0 Å². The van der Waals surface area contributed by atoms with Crippen LogP contribution in [-0.2, 0) is 4.79 Å². The van der Waals surface area contributed by atoms with Gasteiger partial charge in [-0.2, -0.15) is 0 Å². The maximum atomic E-state index is 11.4.